The fourth-order valence-corrected chi connectivity index (χ4v) is 1.59. The summed E-state index contributed by atoms with van der Waals surface area (Å²) in [5.74, 6) is 0.373. The molecule has 1 aliphatic heterocycles. The summed E-state index contributed by atoms with van der Waals surface area (Å²) in [6.07, 6.45) is -0.0445. The Balaban J connectivity index is 1.93. The van der Waals surface area contributed by atoms with Gasteiger partial charge in [0.05, 0.1) is 30.8 Å². The van der Waals surface area contributed by atoms with E-state index in [9.17, 15) is 10.1 Å². The molecule has 3 N–H and O–H groups in total. The number of nitrogen functional groups attached to an aromatic ring is 1. The molecule has 1 fully saturated rings. The van der Waals surface area contributed by atoms with Crippen LogP contribution in [-0.2, 0) is 9.47 Å². The molecule has 8 nitrogen and oxygen atoms in total. The fraction of sp³-hybridized carbons (Fsp3) is 0.500. The number of hydrogen-bond acceptors (Lipinski definition) is 7. The molecule has 8 heteroatoms. The zero-order chi connectivity index (χ0) is 13.0. The quantitative estimate of drug-likeness (QED) is 0.590. The highest BCUT2D eigenvalue weighted by Crippen LogP contribution is 2.20. The fourth-order valence-electron chi connectivity index (χ4n) is 1.59. The first-order valence-electron chi connectivity index (χ1n) is 5.51. The second-order valence-corrected chi connectivity index (χ2v) is 3.81. The van der Waals surface area contributed by atoms with Crippen molar-refractivity contribution in [2.45, 2.75) is 6.10 Å². The summed E-state index contributed by atoms with van der Waals surface area (Å²) in [5.41, 5.74) is 5.29. The van der Waals surface area contributed by atoms with Gasteiger partial charge in [0.15, 0.2) is 0 Å². The van der Waals surface area contributed by atoms with Gasteiger partial charge >= 0.3 is 5.69 Å². The number of pyridine rings is 1. The molecule has 0 radical (unpaired) electrons. The summed E-state index contributed by atoms with van der Waals surface area (Å²) in [6.45, 7) is 2.22. The highest BCUT2D eigenvalue weighted by atomic mass is 16.6. The first kappa shape index (κ1) is 12.5. The van der Waals surface area contributed by atoms with Crippen LogP contribution in [0.25, 0.3) is 0 Å². The maximum absolute atomic E-state index is 10.6. The molecular formula is C10H14N4O4. The van der Waals surface area contributed by atoms with Gasteiger partial charge in [0.25, 0.3) is 0 Å². The van der Waals surface area contributed by atoms with Gasteiger partial charge in [-0.2, -0.15) is 0 Å². The van der Waals surface area contributed by atoms with Gasteiger partial charge in [-0.3, -0.25) is 10.1 Å². The Kier molecular flexibility index (Phi) is 3.90. The van der Waals surface area contributed by atoms with Gasteiger partial charge in [-0.15, -0.1) is 0 Å². The van der Waals surface area contributed by atoms with Crippen LogP contribution < -0.4 is 11.1 Å². The smallest absolute Gasteiger partial charge is 0.311 e. The van der Waals surface area contributed by atoms with Crippen molar-refractivity contribution in [2.24, 2.45) is 0 Å². The monoisotopic (exact) mass is 254 g/mol. The van der Waals surface area contributed by atoms with Crippen LogP contribution in [-0.4, -0.2) is 42.4 Å². The van der Waals surface area contributed by atoms with E-state index in [0.29, 0.717) is 32.2 Å². The largest absolute Gasteiger partial charge is 0.378 e. The lowest BCUT2D eigenvalue weighted by Crippen LogP contribution is -2.34. The first-order valence-corrected chi connectivity index (χ1v) is 5.51. The van der Waals surface area contributed by atoms with E-state index in [4.69, 9.17) is 15.2 Å². The van der Waals surface area contributed by atoms with Crippen molar-refractivity contribution in [3.05, 3.63) is 22.2 Å². The summed E-state index contributed by atoms with van der Waals surface area (Å²) in [5, 5.41) is 13.6. The maximum atomic E-state index is 10.6. The third-order valence-corrected chi connectivity index (χ3v) is 2.49. The molecule has 1 unspecified atom stereocenters. The topological polar surface area (TPSA) is 113 Å². The molecule has 1 aromatic rings. The minimum Gasteiger partial charge on any atom is -0.378 e. The Hall–Kier alpha value is -1.93. The van der Waals surface area contributed by atoms with Crippen molar-refractivity contribution in [2.75, 3.05) is 37.4 Å². The molecule has 1 aromatic heterocycles. The molecule has 1 aliphatic rings. The van der Waals surface area contributed by atoms with Crippen LogP contribution in [0.4, 0.5) is 17.3 Å². The first-order chi connectivity index (χ1) is 8.66. The van der Waals surface area contributed by atoms with Crippen molar-refractivity contribution < 1.29 is 14.4 Å². The lowest BCUT2D eigenvalue weighted by Gasteiger charge is -2.23. The Morgan fingerprint density at radius 3 is 3.00 bits per heavy atom. The van der Waals surface area contributed by atoms with E-state index in [2.05, 4.69) is 10.3 Å². The maximum Gasteiger partial charge on any atom is 0.311 e. The zero-order valence-electron chi connectivity index (χ0n) is 9.67. The Morgan fingerprint density at radius 2 is 2.39 bits per heavy atom. The minimum absolute atomic E-state index is 0.0445. The number of nitro groups is 1. The molecular weight excluding hydrogens is 240 g/mol. The molecule has 0 bridgehead atoms. The van der Waals surface area contributed by atoms with Crippen molar-refractivity contribution in [3.63, 3.8) is 0 Å². The highest BCUT2D eigenvalue weighted by Gasteiger charge is 2.16. The third-order valence-electron chi connectivity index (χ3n) is 2.49. The third kappa shape index (κ3) is 3.05. The van der Waals surface area contributed by atoms with Crippen molar-refractivity contribution in [1.29, 1.82) is 0 Å². The van der Waals surface area contributed by atoms with E-state index in [1.165, 1.54) is 12.1 Å². The molecule has 2 heterocycles. The van der Waals surface area contributed by atoms with Crippen LogP contribution in [0.3, 0.4) is 0 Å². The molecule has 1 atom stereocenters. The number of hydrogen-bond donors (Lipinski definition) is 2. The average Bonchev–Trinajstić information content (AvgIpc) is 2.37. The summed E-state index contributed by atoms with van der Waals surface area (Å²) < 4.78 is 10.7. The van der Waals surface area contributed by atoms with Crippen LogP contribution in [0.2, 0.25) is 0 Å². The van der Waals surface area contributed by atoms with E-state index in [1.54, 1.807) is 0 Å². The van der Waals surface area contributed by atoms with Crippen LogP contribution in [0, 0.1) is 10.1 Å². The number of anilines is 2. The van der Waals surface area contributed by atoms with E-state index in [1.807, 2.05) is 0 Å². The number of nitrogens with one attached hydrogen (secondary N) is 1. The van der Waals surface area contributed by atoms with Crippen molar-refractivity contribution in [3.8, 4) is 0 Å². The summed E-state index contributed by atoms with van der Waals surface area (Å²) in [7, 11) is 0. The molecule has 0 spiro atoms. The molecule has 1 saturated heterocycles. The van der Waals surface area contributed by atoms with Crippen molar-refractivity contribution in [1.82, 2.24) is 4.98 Å². The molecule has 18 heavy (non-hydrogen) atoms. The number of ether oxygens (including phenoxy) is 2. The second kappa shape index (κ2) is 5.61. The van der Waals surface area contributed by atoms with Gasteiger partial charge in [0, 0.05) is 12.6 Å². The summed E-state index contributed by atoms with van der Waals surface area (Å²) >= 11 is 0. The van der Waals surface area contributed by atoms with E-state index in [-0.39, 0.29) is 17.6 Å². The Labute approximate surface area is 103 Å². The normalized spacial score (nSPS) is 19.4. The molecule has 0 aliphatic carbocycles. The minimum atomic E-state index is -0.565. The Bertz CT molecular complexity index is 434. The van der Waals surface area contributed by atoms with Crippen LogP contribution in [0.15, 0.2) is 12.1 Å². The summed E-state index contributed by atoms with van der Waals surface area (Å²) in [4.78, 5) is 13.9. The van der Waals surface area contributed by atoms with Gasteiger partial charge in [0.1, 0.15) is 5.82 Å². The van der Waals surface area contributed by atoms with Gasteiger partial charge in [-0.05, 0) is 6.07 Å². The van der Waals surface area contributed by atoms with Gasteiger partial charge < -0.3 is 20.5 Å². The molecule has 2 rings (SSSR count). The number of nitrogens with zero attached hydrogens (tertiary/aromatic N) is 2. The molecule has 0 saturated carbocycles. The van der Waals surface area contributed by atoms with Gasteiger partial charge in [0.2, 0.25) is 5.82 Å². The number of nitrogens with two attached hydrogens (primary N) is 1. The predicted octanol–water partition coefficient (Wildman–Crippen LogP) is 0.399. The molecule has 0 amide bonds. The lowest BCUT2D eigenvalue weighted by molar-refractivity contribution is -0.384. The summed E-state index contributed by atoms with van der Waals surface area (Å²) in [6, 6.07) is 2.83. The predicted molar refractivity (Wildman–Crippen MR) is 64.4 cm³/mol. The average molecular weight is 254 g/mol. The highest BCUT2D eigenvalue weighted by molar-refractivity contribution is 5.57. The lowest BCUT2D eigenvalue weighted by atomic mass is 10.3. The van der Waals surface area contributed by atoms with Crippen molar-refractivity contribution >= 4 is 17.3 Å². The Morgan fingerprint density at radius 1 is 1.56 bits per heavy atom. The second-order valence-electron chi connectivity index (χ2n) is 3.81. The standard InChI is InChI=1S/C10H14N4O4/c11-10-8(14(15)16)1-2-9(13-10)12-5-7-6-17-3-4-18-7/h1-2,7H,3-6H2,(H3,11,12,13). The number of aromatic nitrogens is 1. The zero-order valence-corrected chi connectivity index (χ0v) is 9.67. The van der Waals surface area contributed by atoms with Crippen LogP contribution in [0.5, 0.6) is 0 Å². The van der Waals surface area contributed by atoms with E-state index < -0.39 is 4.92 Å². The SMILES string of the molecule is Nc1nc(NCC2COCCO2)ccc1[N+](=O)[O-]. The van der Waals surface area contributed by atoms with Crippen LogP contribution in [0.1, 0.15) is 0 Å². The van der Waals surface area contributed by atoms with E-state index in [0.717, 1.165) is 0 Å². The van der Waals surface area contributed by atoms with Gasteiger partial charge in [-0.25, -0.2) is 4.98 Å². The molecule has 0 aromatic carbocycles. The van der Waals surface area contributed by atoms with Crippen LogP contribution >= 0.6 is 0 Å². The van der Waals surface area contributed by atoms with Gasteiger partial charge in [-0.1, -0.05) is 0 Å². The number of rotatable bonds is 4. The molecule has 98 valence electrons. The van der Waals surface area contributed by atoms with E-state index >= 15 is 0 Å².